The molecule has 1 unspecified atom stereocenters. The zero-order valence-corrected chi connectivity index (χ0v) is 18.7. The van der Waals surface area contributed by atoms with E-state index in [-0.39, 0.29) is 6.29 Å². The summed E-state index contributed by atoms with van der Waals surface area (Å²) >= 11 is 0. The first-order chi connectivity index (χ1) is 16.0. The Bertz CT molecular complexity index is 1120. The molecule has 13 heteroatoms. The van der Waals surface area contributed by atoms with Crippen molar-refractivity contribution in [3.63, 3.8) is 0 Å². The molecule has 13 nitrogen and oxygen atoms in total. The second-order valence-electron chi connectivity index (χ2n) is 7.79. The van der Waals surface area contributed by atoms with Gasteiger partial charge in [-0.2, -0.15) is 5.10 Å². The fraction of sp³-hybridized carbons (Fsp3) is 0.333. The fourth-order valence-corrected chi connectivity index (χ4v) is 3.26. The Morgan fingerprint density at radius 1 is 1.18 bits per heavy atom. The number of aromatic amines is 1. The Kier molecular flexibility index (Phi) is 8.84. The van der Waals surface area contributed by atoms with E-state index in [9.17, 15) is 9.59 Å². The Balaban J connectivity index is 0.000000190. The lowest BCUT2D eigenvalue weighted by Gasteiger charge is -2.26. The predicted octanol–water partition coefficient (Wildman–Crippen LogP) is 1.24. The van der Waals surface area contributed by atoms with Gasteiger partial charge >= 0.3 is 0 Å². The SMILES string of the molecule is CC1CCCN(C)C1.Nc1ncc(NC(=O)C=O)c2[nH]ncc12.Oc1cc(O)c(O)c(O)c1O. The van der Waals surface area contributed by atoms with Gasteiger partial charge in [0.1, 0.15) is 5.82 Å². The highest BCUT2D eigenvalue weighted by Gasteiger charge is 2.15. The Morgan fingerprint density at radius 2 is 1.82 bits per heavy atom. The maximum Gasteiger partial charge on any atom is 0.288 e. The lowest BCUT2D eigenvalue weighted by atomic mass is 10.0. The number of phenols is 5. The number of hydrogen-bond acceptors (Lipinski definition) is 11. The average molecular weight is 476 g/mol. The third-order valence-corrected chi connectivity index (χ3v) is 4.95. The molecular weight excluding hydrogens is 448 g/mol. The van der Waals surface area contributed by atoms with E-state index in [0.29, 0.717) is 28.5 Å². The van der Waals surface area contributed by atoms with Crippen molar-refractivity contribution in [3.05, 3.63) is 18.5 Å². The summed E-state index contributed by atoms with van der Waals surface area (Å²) < 4.78 is 0. The summed E-state index contributed by atoms with van der Waals surface area (Å²) in [4.78, 5) is 27.3. The maximum absolute atomic E-state index is 10.9. The molecule has 1 aromatic carbocycles. The topological polar surface area (TPSA) is 218 Å². The van der Waals surface area contributed by atoms with Crippen molar-refractivity contribution in [3.8, 4) is 28.7 Å². The summed E-state index contributed by atoms with van der Waals surface area (Å²) in [6.07, 6.45) is 5.87. The highest BCUT2D eigenvalue weighted by molar-refractivity contribution is 6.30. The van der Waals surface area contributed by atoms with Gasteiger partial charge in [-0.15, -0.1) is 0 Å². The van der Waals surface area contributed by atoms with Crippen LogP contribution >= 0.6 is 0 Å². The molecule has 1 atom stereocenters. The van der Waals surface area contributed by atoms with Gasteiger partial charge in [-0.1, -0.05) is 6.92 Å². The number of aldehydes is 1. The van der Waals surface area contributed by atoms with E-state index in [1.54, 1.807) is 0 Å². The second-order valence-corrected chi connectivity index (χ2v) is 7.79. The first-order valence-electron chi connectivity index (χ1n) is 10.2. The first kappa shape index (κ1) is 26.0. The number of nitrogens with two attached hydrogens (primary N) is 1. The summed E-state index contributed by atoms with van der Waals surface area (Å²) in [5.74, 6) is -3.56. The number of benzene rings is 1. The van der Waals surface area contributed by atoms with Crippen molar-refractivity contribution in [2.24, 2.45) is 5.92 Å². The normalized spacial score (nSPS) is 15.4. The lowest BCUT2D eigenvalue weighted by Crippen LogP contribution is -2.30. The van der Waals surface area contributed by atoms with E-state index in [1.807, 2.05) is 0 Å². The van der Waals surface area contributed by atoms with Gasteiger partial charge in [-0.05, 0) is 32.4 Å². The van der Waals surface area contributed by atoms with Crippen LogP contribution in [-0.4, -0.2) is 77.9 Å². The molecule has 9 N–H and O–H groups in total. The van der Waals surface area contributed by atoms with Crippen LogP contribution in [0.1, 0.15) is 19.8 Å². The molecule has 34 heavy (non-hydrogen) atoms. The van der Waals surface area contributed by atoms with Crippen molar-refractivity contribution in [2.75, 3.05) is 31.2 Å². The van der Waals surface area contributed by atoms with Gasteiger partial charge in [0.15, 0.2) is 11.5 Å². The summed E-state index contributed by atoms with van der Waals surface area (Å²) in [6, 6.07) is 0.713. The number of likely N-dealkylation sites (tertiary alicyclic amines) is 1. The van der Waals surface area contributed by atoms with E-state index in [1.165, 1.54) is 38.3 Å². The Labute approximate surface area is 194 Å². The average Bonchev–Trinajstić information content (AvgIpc) is 3.30. The highest BCUT2D eigenvalue weighted by Crippen LogP contribution is 2.46. The molecular formula is C21H28N6O7. The van der Waals surface area contributed by atoms with Crippen LogP contribution in [0.15, 0.2) is 18.5 Å². The molecule has 0 radical (unpaired) electrons. The van der Waals surface area contributed by atoms with Crippen LogP contribution < -0.4 is 11.1 Å². The smallest absolute Gasteiger partial charge is 0.288 e. The minimum atomic E-state index is -0.942. The zero-order chi connectivity index (χ0) is 25.4. The number of nitrogens with zero attached hydrogens (tertiary/aromatic N) is 3. The van der Waals surface area contributed by atoms with Crippen LogP contribution in [0, 0.1) is 5.92 Å². The van der Waals surface area contributed by atoms with Crippen LogP contribution in [-0.2, 0) is 9.59 Å². The number of aromatic hydroxyl groups is 5. The molecule has 1 amide bonds. The number of fused-ring (bicyclic) bond motifs is 1. The number of anilines is 2. The van der Waals surface area contributed by atoms with E-state index in [4.69, 9.17) is 31.3 Å². The van der Waals surface area contributed by atoms with Crippen LogP contribution in [0.2, 0.25) is 0 Å². The summed E-state index contributed by atoms with van der Waals surface area (Å²) in [5, 5.41) is 53.1. The number of amides is 1. The monoisotopic (exact) mass is 476 g/mol. The molecule has 0 aliphatic carbocycles. The van der Waals surface area contributed by atoms with Gasteiger partial charge < -0.3 is 41.5 Å². The molecule has 184 valence electrons. The molecule has 1 fully saturated rings. The summed E-state index contributed by atoms with van der Waals surface area (Å²) in [7, 11) is 2.20. The Morgan fingerprint density at radius 3 is 2.35 bits per heavy atom. The molecule has 3 heterocycles. The quantitative estimate of drug-likeness (QED) is 0.114. The van der Waals surface area contributed by atoms with Crippen LogP contribution in [0.4, 0.5) is 11.5 Å². The van der Waals surface area contributed by atoms with Crippen LogP contribution in [0.5, 0.6) is 28.7 Å². The largest absolute Gasteiger partial charge is 0.504 e. The van der Waals surface area contributed by atoms with Crippen molar-refractivity contribution in [1.82, 2.24) is 20.1 Å². The number of nitrogen functional groups attached to an aromatic ring is 1. The zero-order valence-electron chi connectivity index (χ0n) is 18.7. The summed E-state index contributed by atoms with van der Waals surface area (Å²) in [5.41, 5.74) is 6.49. The molecule has 4 rings (SSSR count). The molecule has 0 saturated carbocycles. The predicted molar refractivity (Wildman–Crippen MR) is 124 cm³/mol. The van der Waals surface area contributed by atoms with Gasteiger partial charge in [0.2, 0.25) is 23.5 Å². The molecule has 0 bridgehead atoms. The van der Waals surface area contributed by atoms with E-state index >= 15 is 0 Å². The fourth-order valence-electron chi connectivity index (χ4n) is 3.26. The third-order valence-electron chi connectivity index (χ3n) is 4.95. The minimum Gasteiger partial charge on any atom is -0.504 e. The number of hydrogen-bond donors (Lipinski definition) is 8. The lowest BCUT2D eigenvalue weighted by molar-refractivity contribution is -0.127. The molecule has 2 aromatic heterocycles. The van der Waals surface area contributed by atoms with Crippen molar-refractivity contribution in [1.29, 1.82) is 0 Å². The standard InChI is InChI=1S/C8H7N5O2.C7H15N.C6H6O5/c9-8-4-1-11-13-7(4)5(2-10-8)12-6(15)3-14;1-7-4-3-5-8(2)6-7;7-2-1-3(8)5(10)6(11)4(2)9/h1-3H,(H2,9,10)(H,11,13)(H,12,15);7H,3-6H2,1-2H3;1,7-11H. The molecule has 1 saturated heterocycles. The van der Waals surface area contributed by atoms with Crippen LogP contribution in [0.3, 0.4) is 0 Å². The number of pyridine rings is 1. The number of carbonyl (C=O) groups is 2. The molecule has 1 aliphatic heterocycles. The number of H-pyrrole nitrogens is 1. The number of nitrogens with one attached hydrogen (secondary N) is 2. The number of phenolic OH excluding ortho intramolecular Hbond substituents is 5. The van der Waals surface area contributed by atoms with Crippen molar-refractivity contribution < 1.29 is 35.1 Å². The molecule has 1 aliphatic rings. The van der Waals surface area contributed by atoms with Gasteiger partial charge in [0.05, 0.1) is 29.0 Å². The highest BCUT2D eigenvalue weighted by atomic mass is 16.4. The number of rotatable bonds is 2. The second kappa shape index (κ2) is 11.6. The third kappa shape index (κ3) is 6.62. The maximum atomic E-state index is 10.9. The minimum absolute atomic E-state index is 0.179. The molecule has 3 aromatic rings. The Hall–Kier alpha value is -4.26. The number of aromatic nitrogens is 3. The van der Waals surface area contributed by atoms with E-state index in [2.05, 4.69) is 39.4 Å². The van der Waals surface area contributed by atoms with Gasteiger partial charge in [0.25, 0.3) is 5.91 Å². The van der Waals surface area contributed by atoms with Crippen molar-refractivity contribution >= 4 is 34.6 Å². The van der Waals surface area contributed by atoms with Crippen LogP contribution in [0.25, 0.3) is 10.9 Å². The number of piperidine rings is 1. The van der Waals surface area contributed by atoms with Gasteiger partial charge in [-0.3, -0.25) is 14.7 Å². The number of carbonyl (C=O) groups excluding carboxylic acids is 2. The van der Waals surface area contributed by atoms with Crippen molar-refractivity contribution in [2.45, 2.75) is 19.8 Å². The summed E-state index contributed by atoms with van der Waals surface area (Å²) in [6.45, 7) is 4.94. The van der Waals surface area contributed by atoms with Gasteiger partial charge in [0, 0.05) is 12.6 Å². The molecule has 0 spiro atoms. The van der Waals surface area contributed by atoms with E-state index in [0.717, 1.165) is 5.92 Å². The van der Waals surface area contributed by atoms with E-state index < -0.39 is 34.7 Å². The first-order valence-corrected chi connectivity index (χ1v) is 10.2. The van der Waals surface area contributed by atoms with Gasteiger partial charge in [-0.25, -0.2) is 4.98 Å².